The number of ether oxygens (including phenoxy) is 1. The fourth-order valence-corrected chi connectivity index (χ4v) is 4.78. The van der Waals surface area contributed by atoms with E-state index in [4.69, 9.17) is 9.26 Å². The van der Waals surface area contributed by atoms with Crippen LogP contribution in [0.3, 0.4) is 0 Å². The van der Waals surface area contributed by atoms with Crippen molar-refractivity contribution in [3.63, 3.8) is 0 Å². The highest BCUT2D eigenvalue weighted by molar-refractivity contribution is 7.93. The van der Waals surface area contributed by atoms with E-state index in [1.807, 2.05) is 0 Å². The van der Waals surface area contributed by atoms with Gasteiger partial charge in [0.1, 0.15) is 17.7 Å². The van der Waals surface area contributed by atoms with E-state index < -0.39 is 21.8 Å². The Morgan fingerprint density at radius 1 is 1.06 bits per heavy atom. The van der Waals surface area contributed by atoms with Gasteiger partial charge < -0.3 is 9.26 Å². The molecule has 0 aliphatic rings. The van der Waals surface area contributed by atoms with E-state index in [0.717, 1.165) is 35.2 Å². The average Bonchev–Trinajstić information content (AvgIpc) is 3.26. The number of halogens is 3. The molecule has 0 amide bonds. The monoisotopic (exact) mass is 463 g/mol. The zero-order valence-corrected chi connectivity index (χ0v) is 17.6. The van der Waals surface area contributed by atoms with Crippen LogP contribution >= 0.6 is 0 Å². The fraction of sp³-hybridized carbons (Fsp3) is 0.143. The van der Waals surface area contributed by atoms with Gasteiger partial charge in [0.15, 0.2) is 5.82 Å². The molecule has 0 spiro atoms. The first kappa shape index (κ1) is 21.6. The Morgan fingerprint density at radius 3 is 2.50 bits per heavy atom. The van der Waals surface area contributed by atoms with Crippen molar-refractivity contribution in [2.45, 2.75) is 18.0 Å². The molecule has 0 saturated carbocycles. The summed E-state index contributed by atoms with van der Waals surface area (Å²) in [5, 5.41) is 5.05. The van der Waals surface area contributed by atoms with Gasteiger partial charge in [-0.1, -0.05) is 11.2 Å². The molecular weight excluding hydrogens is 447 g/mol. The Labute approximate surface area is 181 Å². The van der Waals surface area contributed by atoms with E-state index in [0.29, 0.717) is 5.39 Å². The fourth-order valence-electron chi connectivity index (χ4n) is 3.31. The van der Waals surface area contributed by atoms with Gasteiger partial charge in [0.2, 0.25) is 0 Å². The normalized spacial score (nSPS) is 12.2. The topological polar surface area (TPSA) is 85.5 Å². The summed E-state index contributed by atoms with van der Waals surface area (Å²) in [6.07, 6.45) is -0.368. The molecule has 0 atom stereocenters. The highest BCUT2D eigenvalue weighted by Gasteiger charge is 2.37. The molecule has 4 aromatic rings. The van der Waals surface area contributed by atoms with Gasteiger partial charge in [-0.15, -0.1) is 0 Å². The predicted octanol–water partition coefficient (Wildman–Crippen LogP) is 5.09. The Kier molecular flexibility index (Phi) is 5.29. The van der Waals surface area contributed by atoms with Crippen LogP contribution < -0.4 is 9.04 Å². The number of hydrogen-bond acceptors (Lipinski definition) is 6. The van der Waals surface area contributed by atoms with Crippen molar-refractivity contribution in [3.8, 4) is 5.75 Å². The molecule has 0 fully saturated rings. The number of anilines is 2. The highest BCUT2D eigenvalue weighted by atomic mass is 32.2. The lowest BCUT2D eigenvalue weighted by molar-refractivity contribution is -0.138. The van der Waals surface area contributed by atoms with Gasteiger partial charge in [0.05, 0.1) is 17.6 Å². The van der Waals surface area contributed by atoms with Crippen LogP contribution in [0.4, 0.5) is 24.7 Å². The summed E-state index contributed by atoms with van der Waals surface area (Å²) in [5.74, 6) is -0.434. The number of fused-ring (bicyclic) bond motifs is 1. The molecule has 0 unspecified atom stereocenters. The number of hydrogen-bond donors (Lipinski definition) is 0. The molecule has 7 nitrogen and oxygen atoms in total. The van der Waals surface area contributed by atoms with E-state index in [1.165, 1.54) is 31.3 Å². The first-order valence-corrected chi connectivity index (χ1v) is 10.6. The molecule has 4 rings (SSSR count). The molecule has 0 aliphatic heterocycles. The van der Waals surface area contributed by atoms with Crippen molar-refractivity contribution in [2.24, 2.45) is 0 Å². The zero-order chi connectivity index (χ0) is 23.1. The number of aryl methyl sites for hydroxylation is 1. The van der Waals surface area contributed by atoms with E-state index in [1.54, 1.807) is 18.3 Å². The summed E-state index contributed by atoms with van der Waals surface area (Å²) in [6, 6.07) is 9.22. The van der Waals surface area contributed by atoms with Gasteiger partial charge in [-0.3, -0.25) is 4.98 Å². The van der Waals surface area contributed by atoms with Gasteiger partial charge in [0, 0.05) is 23.8 Å². The Balaban J connectivity index is 1.95. The molecule has 0 bridgehead atoms. The molecule has 0 N–H and O–H groups in total. The second kappa shape index (κ2) is 7.83. The van der Waals surface area contributed by atoms with Crippen LogP contribution in [0.2, 0.25) is 0 Å². The molecule has 2 heterocycles. The first-order valence-electron chi connectivity index (χ1n) is 9.18. The van der Waals surface area contributed by atoms with E-state index >= 15 is 0 Å². The molecule has 2 aromatic carbocycles. The van der Waals surface area contributed by atoms with Crippen molar-refractivity contribution in [3.05, 3.63) is 72.2 Å². The Morgan fingerprint density at radius 2 is 1.84 bits per heavy atom. The second-order valence-corrected chi connectivity index (χ2v) is 8.64. The Bertz CT molecular complexity index is 1390. The van der Waals surface area contributed by atoms with E-state index in [9.17, 15) is 21.6 Å². The van der Waals surface area contributed by atoms with E-state index in [2.05, 4.69) is 10.1 Å². The summed E-state index contributed by atoms with van der Waals surface area (Å²) in [4.78, 5) is 3.90. The number of aromatic nitrogens is 2. The molecule has 166 valence electrons. The molecule has 0 aliphatic carbocycles. The van der Waals surface area contributed by atoms with Gasteiger partial charge in [-0.25, -0.2) is 12.7 Å². The summed E-state index contributed by atoms with van der Waals surface area (Å²) >= 11 is 0. The highest BCUT2D eigenvalue weighted by Crippen LogP contribution is 2.43. The lowest BCUT2D eigenvalue weighted by Crippen LogP contribution is -2.27. The number of alkyl halides is 3. The van der Waals surface area contributed by atoms with Gasteiger partial charge in [-0.2, -0.15) is 13.2 Å². The summed E-state index contributed by atoms with van der Waals surface area (Å²) in [6.45, 7) is 1.24. The molecule has 0 saturated heterocycles. The van der Waals surface area contributed by atoms with Crippen molar-refractivity contribution in [2.75, 3.05) is 11.4 Å². The van der Waals surface area contributed by atoms with Crippen LogP contribution in [-0.2, 0) is 16.2 Å². The molecular formula is C21H16F3N3O4S. The lowest BCUT2D eigenvalue weighted by Gasteiger charge is -2.25. The molecule has 2 aromatic heterocycles. The van der Waals surface area contributed by atoms with Crippen LogP contribution in [-0.4, -0.2) is 25.7 Å². The van der Waals surface area contributed by atoms with Crippen LogP contribution in [0.15, 0.2) is 70.5 Å². The minimum Gasteiger partial charge on any atom is -0.495 e. The van der Waals surface area contributed by atoms with Crippen molar-refractivity contribution in [1.29, 1.82) is 0 Å². The maximum absolute atomic E-state index is 13.7. The van der Waals surface area contributed by atoms with Gasteiger partial charge in [0.25, 0.3) is 10.0 Å². The number of methoxy groups -OCH3 is 1. The van der Waals surface area contributed by atoms with Crippen molar-refractivity contribution < 1.29 is 30.8 Å². The maximum atomic E-state index is 13.7. The lowest BCUT2D eigenvalue weighted by atomic mass is 10.1. The quantitative estimate of drug-likeness (QED) is 0.410. The maximum Gasteiger partial charge on any atom is 0.416 e. The van der Waals surface area contributed by atoms with Gasteiger partial charge >= 0.3 is 6.18 Å². The van der Waals surface area contributed by atoms with Crippen molar-refractivity contribution in [1.82, 2.24) is 10.1 Å². The summed E-state index contributed by atoms with van der Waals surface area (Å²) < 4.78 is 78.3. The number of benzene rings is 2. The number of sulfonamides is 1. The Hall–Kier alpha value is -3.60. The smallest absolute Gasteiger partial charge is 0.416 e. The van der Waals surface area contributed by atoms with E-state index in [-0.39, 0.29) is 27.7 Å². The minimum absolute atomic E-state index is 0.0983. The SMILES string of the molecule is COc1cc(C(F)(F)F)c(C)cc1N(c1ccon1)S(=O)(=O)c1ccc2cnccc2c1. The van der Waals surface area contributed by atoms with Crippen molar-refractivity contribution >= 4 is 32.3 Å². The third-order valence-corrected chi connectivity index (χ3v) is 6.55. The number of rotatable bonds is 5. The predicted molar refractivity (Wildman–Crippen MR) is 110 cm³/mol. The zero-order valence-electron chi connectivity index (χ0n) is 16.8. The molecule has 32 heavy (non-hydrogen) atoms. The number of nitrogens with zero attached hydrogens (tertiary/aromatic N) is 3. The largest absolute Gasteiger partial charge is 0.495 e. The van der Waals surface area contributed by atoms with Crippen LogP contribution in [0.1, 0.15) is 11.1 Å². The molecule has 0 radical (unpaired) electrons. The average molecular weight is 463 g/mol. The van der Waals surface area contributed by atoms with Crippen LogP contribution in [0.25, 0.3) is 10.8 Å². The third kappa shape index (κ3) is 3.75. The van der Waals surface area contributed by atoms with Crippen LogP contribution in [0.5, 0.6) is 5.75 Å². The first-order chi connectivity index (χ1) is 15.1. The second-order valence-electron chi connectivity index (χ2n) is 6.85. The summed E-state index contributed by atoms with van der Waals surface area (Å²) in [7, 11) is -3.18. The van der Waals surface area contributed by atoms with Gasteiger partial charge in [-0.05, 0) is 48.2 Å². The number of pyridine rings is 1. The minimum atomic E-state index is -4.64. The molecule has 11 heteroatoms. The third-order valence-electron chi connectivity index (χ3n) is 4.83. The summed E-state index contributed by atoms with van der Waals surface area (Å²) in [5.41, 5.74) is -1.25. The standard InChI is InChI=1S/C21H16F3N3O4S/c1-13-9-18(19(30-2)11-17(13)21(22,23)24)27(20-6-8-31-26-20)32(28,29)16-4-3-15-12-25-7-5-14(15)10-16/h3-12H,1-2H3. The van der Waals surface area contributed by atoms with Crippen LogP contribution in [0, 0.1) is 6.92 Å².